The third kappa shape index (κ3) is 4.81. The van der Waals surface area contributed by atoms with Crippen molar-refractivity contribution in [2.45, 2.75) is 24.5 Å². The van der Waals surface area contributed by atoms with Gasteiger partial charge in [0.1, 0.15) is 0 Å². The van der Waals surface area contributed by atoms with Gasteiger partial charge in [0.25, 0.3) is 5.01 Å². The largest absolute Gasteiger partial charge is 0.416 e. The summed E-state index contributed by atoms with van der Waals surface area (Å²) in [6.45, 7) is 7.74. The number of hydrogen-bond donors (Lipinski definition) is 0. The number of anilines is 1. The number of nitrogens with zero attached hydrogens (tertiary/aromatic N) is 3. The van der Waals surface area contributed by atoms with Gasteiger partial charge in [0.2, 0.25) is 0 Å². The zero-order valence-corrected chi connectivity index (χ0v) is 22.7. The Morgan fingerprint density at radius 3 is 2.56 bits per heavy atom. The van der Waals surface area contributed by atoms with Crippen LogP contribution in [0, 0.1) is 0 Å². The van der Waals surface area contributed by atoms with Gasteiger partial charge in [0, 0.05) is 29.1 Å². The monoisotopic (exact) mass is 564 g/mol. The molecular weight excluding hydrogens is 543 g/mol. The smallest absolute Gasteiger partial charge is 0.337 e. The van der Waals surface area contributed by atoms with Crippen LogP contribution < -0.4 is 9.47 Å². The normalized spacial score (nSPS) is 19.1. The standard InChI is InChI=1S/C26H22ClF3N3S3/c1-4-33-16(2)24(25-31(3)20-10-9-19(27)13-21(20)35-25)36-23(33)14-22-32(11-12-34-22)15-17-5-7-18(8-6-17)26(28,29)30/h5-14H,2,4,15H2,1,3H3/q+1. The quantitative estimate of drug-likeness (QED) is 0.297. The molecule has 186 valence electrons. The molecule has 1 aromatic heterocycles. The summed E-state index contributed by atoms with van der Waals surface area (Å²) in [5, 5.41) is 5.90. The Morgan fingerprint density at radius 2 is 1.86 bits per heavy atom. The highest BCUT2D eigenvalue weighted by atomic mass is 35.5. The van der Waals surface area contributed by atoms with Crippen molar-refractivity contribution in [2.75, 3.05) is 18.5 Å². The zero-order valence-electron chi connectivity index (χ0n) is 19.5. The SMILES string of the molecule is C=C1C(=C2Sc3cc(Cl)ccc3N2C)SC(=Cc2scc[n+]2Cc2ccc(C(F)(F)F)cc2)N1CC. The number of halogens is 4. The highest BCUT2D eigenvalue weighted by Gasteiger charge is 2.34. The van der Waals surface area contributed by atoms with Crippen molar-refractivity contribution in [3.8, 4) is 0 Å². The van der Waals surface area contributed by atoms with E-state index in [0.29, 0.717) is 11.6 Å². The Bertz CT molecular complexity index is 1390. The molecule has 3 aromatic rings. The fraction of sp³-hybridized carbons (Fsp3) is 0.192. The van der Waals surface area contributed by atoms with Gasteiger partial charge in [-0.05, 0) is 37.3 Å². The summed E-state index contributed by atoms with van der Waals surface area (Å²) in [4.78, 5) is 6.60. The van der Waals surface area contributed by atoms with E-state index >= 15 is 0 Å². The number of likely N-dealkylation sites (N-methyl/N-ethyl adjacent to an activating group) is 1. The minimum Gasteiger partial charge on any atom is -0.337 e. The fourth-order valence-electron chi connectivity index (χ4n) is 4.09. The van der Waals surface area contributed by atoms with Gasteiger partial charge in [-0.3, -0.25) is 0 Å². The summed E-state index contributed by atoms with van der Waals surface area (Å²) >= 11 is 11.2. The maximum absolute atomic E-state index is 12.9. The summed E-state index contributed by atoms with van der Waals surface area (Å²) < 4.78 is 40.8. The van der Waals surface area contributed by atoms with Crippen LogP contribution in [0.25, 0.3) is 6.08 Å². The molecule has 2 aliphatic rings. The molecule has 2 aromatic carbocycles. The van der Waals surface area contributed by atoms with Crippen molar-refractivity contribution >= 4 is 58.2 Å². The van der Waals surface area contributed by atoms with Crippen molar-refractivity contribution in [3.05, 3.63) is 102 Å². The summed E-state index contributed by atoms with van der Waals surface area (Å²) in [6, 6.07) is 11.3. The van der Waals surface area contributed by atoms with E-state index in [2.05, 4.69) is 41.0 Å². The molecule has 0 saturated carbocycles. The lowest BCUT2D eigenvalue weighted by Crippen LogP contribution is -2.34. The Morgan fingerprint density at radius 1 is 1.11 bits per heavy atom. The summed E-state index contributed by atoms with van der Waals surface area (Å²) in [5.74, 6) is 0. The average Bonchev–Trinajstić information content (AvgIpc) is 3.49. The van der Waals surface area contributed by atoms with Crippen LogP contribution in [-0.2, 0) is 12.7 Å². The molecule has 5 rings (SSSR count). The second-order valence-corrected chi connectivity index (χ2v) is 11.7. The van der Waals surface area contributed by atoms with Gasteiger partial charge in [-0.2, -0.15) is 17.7 Å². The molecular formula is C26H22ClF3N3S3+. The van der Waals surface area contributed by atoms with Crippen molar-refractivity contribution < 1.29 is 17.7 Å². The van der Waals surface area contributed by atoms with E-state index in [1.807, 2.05) is 29.8 Å². The molecule has 0 bridgehead atoms. The molecule has 36 heavy (non-hydrogen) atoms. The number of thiazole rings is 1. The first-order chi connectivity index (χ1) is 17.2. The second kappa shape index (κ2) is 9.85. The molecule has 2 aliphatic heterocycles. The number of alkyl halides is 3. The molecule has 3 nitrogen and oxygen atoms in total. The average molecular weight is 565 g/mol. The maximum atomic E-state index is 12.9. The van der Waals surface area contributed by atoms with E-state index in [1.54, 1.807) is 34.9 Å². The van der Waals surface area contributed by atoms with Crippen LogP contribution in [0.15, 0.2) is 86.2 Å². The van der Waals surface area contributed by atoms with Crippen LogP contribution in [0.4, 0.5) is 18.9 Å². The molecule has 0 atom stereocenters. The third-order valence-electron chi connectivity index (χ3n) is 5.96. The van der Waals surface area contributed by atoms with E-state index in [-0.39, 0.29) is 0 Å². The lowest BCUT2D eigenvalue weighted by atomic mass is 10.1. The third-order valence-corrected chi connectivity index (χ3v) is 9.57. The minimum atomic E-state index is -4.33. The lowest BCUT2D eigenvalue weighted by molar-refractivity contribution is -0.685. The van der Waals surface area contributed by atoms with E-state index in [1.165, 1.54) is 12.1 Å². The molecule has 0 unspecified atom stereocenters. The van der Waals surface area contributed by atoms with Gasteiger partial charge in [0.05, 0.1) is 43.4 Å². The van der Waals surface area contributed by atoms with E-state index in [0.717, 1.165) is 60.5 Å². The summed E-state index contributed by atoms with van der Waals surface area (Å²) in [5.41, 5.74) is 2.24. The fourth-order valence-corrected chi connectivity index (χ4v) is 7.77. The van der Waals surface area contributed by atoms with Gasteiger partial charge in [-0.25, -0.2) is 0 Å². The van der Waals surface area contributed by atoms with Crippen LogP contribution in [0.1, 0.15) is 23.1 Å². The molecule has 3 heterocycles. The van der Waals surface area contributed by atoms with Crippen LogP contribution in [0.5, 0.6) is 0 Å². The molecule has 0 radical (unpaired) electrons. The van der Waals surface area contributed by atoms with Crippen molar-refractivity contribution in [1.82, 2.24) is 4.90 Å². The Hall–Kier alpha value is -2.33. The van der Waals surface area contributed by atoms with Gasteiger partial charge < -0.3 is 9.80 Å². The first-order valence-corrected chi connectivity index (χ1v) is 14.0. The van der Waals surface area contributed by atoms with Gasteiger partial charge in [-0.1, -0.05) is 65.2 Å². The number of benzene rings is 2. The first-order valence-electron chi connectivity index (χ1n) is 11.1. The molecule has 1 saturated heterocycles. The molecule has 0 aliphatic carbocycles. The number of fused-ring (bicyclic) bond motifs is 1. The molecule has 0 amide bonds. The van der Waals surface area contributed by atoms with E-state index in [4.69, 9.17) is 11.6 Å². The maximum Gasteiger partial charge on any atom is 0.416 e. The Labute approximate surface area is 225 Å². The van der Waals surface area contributed by atoms with Crippen LogP contribution in [0.2, 0.25) is 5.02 Å². The second-order valence-electron chi connectivity index (χ2n) is 8.25. The number of aromatic nitrogens is 1. The number of hydrogen-bond acceptors (Lipinski definition) is 5. The van der Waals surface area contributed by atoms with Gasteiger partial charge >= 0.3 is 6.18 Å². The molecule has 0 spiro atoms. The van der Waals surface area contributed by atoms with Crippen molar-refractivity contribution in [2.24, 2.45) is 0 Å². The first kappa shape index (κ1) is 25.3. The molecule has 1 fully saturated rings. The highest BCUT2D eigenvalue weighted by Crippen LogP contribution is 2.54. The highest BCUT2D eigenvalue weighted by molar-refractivity contribution is 8.09. The predicted octanol–water partition coefficient (Wildman–Crippen LogP) is 8.05. The minimum absolute atomic E-state index is 0.487. The molecule has 0 N–H and O–H groups in total. The topological polar surface area (TPSA) is 10.4 Å². The number of rotatable bonds is 4. The molecule has 10 heteroatoms. The predicted molar refractivity (Wildman–Crippen MR) is 145 cm³/mol. The summed E-state index contributed by atoms with van der Waals surface area (Å²) in [7, 11) is 2.05. The lowest BCUT2D eigenvalue weighted by Gasteiger charge is -2.18. The van der Waals surface area contributed by atoms with Crippen LogP contribution in [-0.4, -0.2) is 18.5 Å². The van der Waals surface area contributed by atoms with Gasteiger partial charge in [0.15, 0.2) is 12.7 Å². The van der Waals surface area contributed by atoms with Crippen molar-refractivity contribution in [1.29, 1.82) is 0 Å². The Kier molecular flexibility index (Phi) is 6.93. The van der Waals surface area contributed by atoms with E-state index < -0.39 is 11.7 Å². The van der Waals surface area contributed by atoms with Crippen LogP contribution in [0.3, 0.4) is 0 Å². The summed E-state index contributed by atoms with van der Waals surface area (Å²) in [6.07, 6.45) is -0.244. The number of thioether (sulfide) groups is 2. The zero-order chi connectivity index (χ0) is 25.6. The van der Waals surface area contributed by atoms with E-state index in [9.17, 15) is 13.2 Å². The van der Waals surface area contributed by atoms with Gasteiger partial charge in [-0.15, -0.1) is 0 Å². The Balaban J connectivity index is 1.42. The van der Waals surface area contributed by atoms with Crippen molar-refractivity contribution in [3.63, 3.8) is 0 Å². The van der Waals surface area contributed by atoms with Crippen LogP contribution >= 0.6 is 46.5 Å².